The third-order valence-electron chi connectivity index (χ3n) is 1.76. The summed E-state index contributed by atoms with van der Waals surface area (Å²) >= 11 is 0. The molecule has 66 valence electrons. The molecule has 0 amide bonds. The second-order valence-corrected chi connectivity index (χ2v) is 2.70. The number of ether oxygens (including phenoxy) is 3. The Labute approximate surface area is 67.6 Å². The van der Waals surface area contributed by atoms with E-state index in [1.165, 1.54) is 0 Å². The Morgan fingerprint density at radius 1 is 1.45 bits per heavy atom. The van der Waals surface area contributed by atoms with E-state index in [0.717, 1.165) is 26.1 Å². The van der Waals surface area contributed by atoms with Crippen molar-refractivity contribution in [1.82, 2.24) is 0 Å². The fraction of sp³-hybridized carbons (Fsp3) is 1.00. The van der Waals surface area contributed by atoms with E-state index in [4.69, 9.17) is 14.2 Å². The summed E-state index contributed by atoms with van der Waals surface area (Å²) in [7, 11) is 1.68. The van der Waals surface area contributed by atoms with Crippen LogP contribution in [-0.4, -0.2) is 39.6 Å². The van der Waals surface area contributed by atoms with Gasteiger partial charge in [-0.05, 0) is 12.8 Å². The summed E-state index contributed by atoms with van der Waals surface area (Å²) in [5.74, 6) is 0. The molecule has 0 aromatic heterocycles. The first kappa shape index (κ1) is 8.97. The fourth-order valence-corrected chi connectivity index (χ4v) is 1.14. The van der Waals surface area contributed by atoms with Crippen molar-refractivity contribution in [2.24, 2.45) is 0 Å². The van der Waals surface area contributed by atoms with Gasteiger partial charge in [0, 0.05) is 13.7 Å². The van der Waals surface area contributed by atoms with Gasteiger partial charge >= 0.3 is 0 Å². The van der Waals surface area contributed by atoms with Gasteiger partial charge in [-0.2, -0.15) is 0 Å². The van der Waals surface area contributed by atoms with E-state index in [1.54, 1.807) is 7.11 Å². The van der Waals surface area contributed by atoms with Crippen LogP contribution >= 0.6 is 0 Å². The topological polar surface area (TPSA) is 27.7 Å². The molecule has 1 aliphatic heterocycles. The predicted molar refractivity (Wildman–Crippen MR) is 41.7 cm³/mol. The lowest BCUT2D eigenvalue weighted by Gasteiger charge is -2.22. The van der Waals surface area contributed by atoms with Crippen LogP contribution in [0.25, 0.3) is 0 Å². The van der Waals surface area contributed by atoms with Crippen molar-refractivity contribution in [3.05, 3.63) is 0 Å². The van der Waals surface area contributed by atoms with Gasteiger partial charge in [0.15, 0.2) is 0 Å². The maximum atomic E-state index is 5.47. The molecule has 0 aromatic carbocycles. The highest BCUT2D eigenvalue weighted by Gasteiger charge is 2.13. The Morgan fingerprint density at radius 2 is 2.36 bits per heavy atom. The van der Waals surface area contributed by atoms with E-state index in [9.17, 15) is 0 Å². The van der Waals surface area contributed by atoms with Crippen LogP contribution in [0.5, 0.6) is 0 Å². The van der Waals surface area contributed by atoms with Crippen LogP contribution < -0.4 is 0 Å². The summed E-state index contributed by atoms with van der Waals surface area (Å²) in [5.41, 5.74) is 0. The molecular weight excluding hydrogens is 144 g/mol. The zero-order chi connectivity index (χ0) is 7.94. The first-order valence-corrected chi connectivity index (χ1v) is 4.12. The van der Waals surface area contributed by atoms with Crippen molar-refractivity contribution in [3.8, 4) is 0 Å². The monoisotopic (exact) mass is 160 g/mol. The van der Waals surface area contributed by atoms with Crippen LogP contribution in [-0.2, 0) is 14.2 Å². The molecule has 1 unspecified atom stereocenters. The number of hydrogen-bond acceptors (Lipinski definition) is 3. The van der Waals surface area contributed by atoms with Crippen molar-refractivity contribution >= 4 is 0 Å². The Kier molecular flexibility index (Phi) is 4.50. The van der Waals surface area contributed by atoms with Crippen LogP contribution in [0.1, 0.15) is 12.8 Å². The first-order valence-electron chi connectivity index (χ1n) is 4.12. The maximum absolute atomic E-state index is 5.47. The van der Waals surface area contributed by atoms with Crippen LogP contribution in [0.2, 0.25) is 0 Å². The van der Waals surface area contributed by atoms with Gasteiger partial charge in [0.25, 0.3) is 0 Å². The molecule has 3 nitrogen and oxygen atoms in total. The highest BCUT2D eigenvalue weighted by atomic mass is 16.5. The number of rotatable bonds is 4. The summed E-state index contributed by atoms with van der Waals surface area (Å²) in [6.45, 7) is 3.01. The highest BCUT2D eigenvalue weighted by molar-refractivity contribution is 4.61. The summed E-state index contributed by atoms with van der Waals surface area (Å²) in [4.78, 5) is 0. The average Bonchev–Trinajstić information content (AvgIpc) is 2.07. The van der Waals surface area contributed by atoms with Gasteiger partial charge < -0.3 is 14.2 Å². The standard InChI is InChI=1S/C8H16O3/c1-9-5-6-11-8-3-2-4-10-7-8/h8H,2-7H2,1H3. The van der Waals surface area contributed by atoms with Gasteiger partial charge in [0.2, 0.25) is 0 Å². The van der Waals surface area contributed by atoms with Crippen molar-refractivity contribution in [2.45, 2.75) is 18.9 Å². The highest BCUT2D eigenvalue weighted by Crippen LogP contribution is 2.08. The molecule has 0 aromatic rings. The molecule has 0 aliphatic carbocycles. The van der Waals surface area contributed by atoms with Gasteiger partial charge in [0.05, 0.1) is 25.9 Å². The summed E-state index contributed by atoms with van der Waals surface area (Å²) < 4.78 is 15.6. The van der Waals surface area contributed by atoms with Crippen LogP contribution in [0.4, 0.5) is 0 Å². The molecule has 11 heavy (non-hydrogen) atoms. The largest absolute Gasteiger partial charge is 0.382 e. The summed E-state index contributed by atoms with van der Waals surface area (Å²) in [6, 6.07) is 0. The zero-order valence-electron chi connectivity index (χ0n) is 7.04. The van der Waals surface area contributed by atoms with E-state index >= 15 is 0 Å². The van der Waals surface area contributed by atoms with E-state index < -0.39 is 0 Å². The SMILES string of the molecule is COCCOC1CCCOC1. The quantitative estimate of drug-likeness (QED) is 0.570. The minimum atomic E-state index is 0.305. The molecule has 0 saturated carbocycles. The van der Waals surface area contributed by atoms with Crippen molar-refractivity contribution in [3.63, 3.8) is 0 Å². The Balaban J connectivity index is 1.96. The van der Waals surface area contributed by atoms with Gasteiger partial charge in [-0.25, -0.2) is 0 Å². The summed E-state index contributed by atoms with van der Waals surface area (Å²) in [5, 5.41) is 0. The van der Waals surface area contributed by atoms with E-state index in [-0.39, 0.29) is 0 Å². The van der Waals surface area contributed by atoms with Crippen molar-refractivity contribution < 1.29 is 14.2 Å². The normalized spacial score (nSPS) is 25.4. The van der Waals surface area contributed by atoms with Crippen LogP contribution in [0, 0.1) is 0 Å². The summed E-state index contributed by atoms with van der Waals surface area (Å²) in [6.07, 6.45) is 2.56. The molecule has 0 N–H and O–H groups in total. The van der Waals surface area contributed by atoms with Crippen LogP contribution in [0.3, 0.4) is 0 Å². The average molecular weight is 160 g/mol. The first-order chi connectivity index (χ1) is 5.43. The van der Waals surface area contributed by atoms with Gasteiger partial charge in [-0.15, -0.1) is 0 Å². The minimum Gasteiger partial charge on any atom is -0.382 e. The van der Waals surface area contributed by atoms with Gasteiger partial charge in [-0.1, -0.05) is 0 Å². The number of hydrogen-bond donors (Lipinski definition) is 0. The van der Waals surface area contributed by atoms with E-state index in [1.807, 2.05) is 0 Å². The minimum absolute atomic E-state index is 0.305. The second-order valence-electron chi connectivity index (χ2n) is 2.70. The molecule has 1 fully saturated rings. The maximum Gasteiger partial charge on any atom is 0.0810 e. The Morgan fingerprint density at radius 3 is 3.00 bits per heavy atom. The van der Waals surface area contributed by atoms with Crippen molar-refractivity contribution in [2.75, 3.05) is 33.5 Å². The molecule has 1 atom stereocenters. The van der Waals surface area contributed by atoms with Gasteiger partial charge in [-0.3, -0.25) is 0 Å². The molecule has 1 saturated heterocycles. The molecule has 0 radical (unpaired) electrons. The molecule has 0 spiro atoms. The third kappa shape index (κ3) is 3.70. The Bertz CT molecular complexity index is 89.3. The third-order valence-corrected chi connectivity index (χ3v) is 1.76. The molecule has 0 bridgehead atoms. The van der Waals surface area contributed by atoms with Gasteiger partial charge in [0.1, 0.15) is 0 Å². The lowest BCUT2D eigenvalue weighted by atomic mass is 10.2. The second kappa shape index (κ2) is 5.52. The molecule has 1 rings (SSSR count). The molecule has 1 aliphatic rings. The smallest absolute Gasteiger partial charge is 0.0810 e. The fourth-order valence-electron chi connectivity index (χ4n) is 1.14. The predicted octanol–water partition coefficient (Wildman–Crippen LogP) is 0.828. The molecular formula is C8H16O3. The van der Waals surface area contributed by atoms with Crippen LogP contribution in [0.15, 0.2) is 0 Å². The Hall–Kier alpha value is -0.120. The lowest BCUT2D eigenvalue weighted by Crippen LogP contribution is -2.26. The van der Waals surface area contributed by atoms with E-state index in [2.05, 4.69) is 0 Å². The molecule has 3 heteroatoms. The van der Waals surface area contributed by atoms with E-state index in [0.29, 0.717) is 19.3 Å². The molecule has 1 heterocycles. The number of methoxy groups -OCH3 is 1. The zero-order valence-corrected chi connectivity index (χ0v) is 7.04. The lowest BCUT2D eigenvalue weighted by molar-refractivity contribution is -0.0610. The van der Waals surface area contributed by atoms with Crippen molar-refractivity contribution in [1.29, 1.82) is 0 Å².